The molecule has 0 saturated heterocycles. The van der Waals surface area contributed by atoms with Crippen LogP contribution < -0.4 is 16.4 Å². The summed E-state index contributed by atoms with van der Waals surface area (Å²) >= 11 is 9.08. The molecule has 0 fully saturated rings. The number of anilines is 1. The topological polar surface area (TPSA) is 122 Å². The minimum absolute atomic E-state index is 0.0885. The molecule has 0 aliphatic heterocycles. The number of hydrogen-bond donors (Lipinski definition) is 4. The summed E-state index contributed by atoms with van der Waals surface area (Å²) in [7, 11) is 0. The molecule has 0 aromatic heterocycles. The van der Waals surface area contributed by atoms with Crippen LogP contribution in [-0.2, 0) is 9.59 Å². The Balaban J connectivity index is 2.67. The minimum Gasteiger partial charge on any atom is -0.480 e. The van der Waals surface area contributed by atoms with Gasteiger partial charge in [0.2, 0.25) is 5.91 Å². The molecular formula is C12H13BrClN3O4. The molecule has 0 unspecified atom stereocenters. The number of benzene rings is 1. The van der Waals surface area contributed by atoms with Crippen LogP contribution in [0.15, 0.2) is 22.7 Å². The summed E-state index contributed by atoms with van der Waals surface area (Å²) in [6, 6.07) is 2.91. The Labute approximate surface area is 134 Å². The number of nitrogens with two attached hydrogens (primary N) is 1. The fourth-order valence-electron chi connectivity index (χ4n) is 1.46. The van der Waals surface area contributed by atoms with Crippen molar-refractivity contribution in [3.8, 4) is 0 Å². The SMILES string of the molecule is NC(=O)CC[C@@H](NC(=O)Nc1cccc(Cl)c1Br)C(=O)O. The van der Waals surface area contributed by atoms with Crippen molar-refractivity contribution in [3.63, 3.8) is 0 Å². The summed E-state index contributed by atoms with van der Waals surface area (Å²) < 4.78 is 0.478. The van der Waals surface area contributed by atoms with Crippen molar-refractivity contribution in [2.45, 2.75) is 18.9 Å². The third-order valence-corrected chi connectivity index (χ3v) is 3.88. The van der Waals surface area contributed by atoms with E-state index >= 15 is 0 Å². The van der Waals surface area contributed by atoms with Gasteiger partial charge in [0.25, 0.3) is 0 Å². The third-order valence-electron chi connectivity index (χ3n) is 2.48. The van der Waals surface area contributed by atoms with Gasteiger partial charge in [-0.25, -0.2) is 9.59 Å². The van der Waals surface area contributed by atoms with E-state index in [1.807, 2.05) is 0 Å². The molecule has 1 aromatic rings. The first-order valence-electron chi connectivity index (χ1n) is 5.84. The van der Waals surface area contributed by atoms with Crippen LogP contribution in [0.5, 0.6) is 0 Å². The van der Waals surface area contributed by atoms with E-state index < -0.39 is 23.9 Å². The maximum atomic E-state index is 11.8. The van der Waals surface area contributed by atoms with Gasteiger partial charge in [0.1, 0.15) is 6.04 Å². The Kier molecular flexibility index (Phi) is 6.44. The zero-order valence-corrected chi connectivity index (χ0v) is 13.1. The van der Waals surface area contributed by atoms with Crippen molar-refractivity contribution in [1.82, 2.24) is 5.32 Å². The largest absolute Gasteiger partial charge is 0.480 e. The molecule has 0 aliphatic carbocycles. The molecule has 1 rings (SSSR count). The first kappa shape index (κ1) is 17.3. The number of urea groups is 1. The third kappa shape index (κ3) is 5.60. The average Bonchev–Trinajstić information content (AvgIpc) is 2.39. The van der Waals surface area contributed by atoms with Gasteiger partial charge in [-0.3, -0.25) is 4.79 Å². The van der Waals surface area contributed by atoms with Gasteiger partial charge in [-0.15, -0.1) is 0 Å². The van der Waals surface area contributed by atoms with Crippen LogP contribution in [0.3, 0.4) is 0 Å². The second-order valence-electron chi connectivity index (χ2n) is 4.10. The van der Waals surface area contributed by atoms with Gasteiger partial charge in [0.05, 0.1) is 15.2 Å². The molecule has 0 heterocycles. The van der Waals surface area contributed by atoms with Crippen molar-refractivity contribution in [2.75, 3.05) is 5.32 Å². The Morgan fingerprint density at radius 1 is 1.38 bits per heavy atom. The van der Waals surface area contributed by atoms with Crippen LogP contribution in [0.4, 0.5) is 10.5 Å². The number of aliphatic carboxylic acids is 1. The molecule has 7 nitrogen and oxygen atoms in total. The molecule has 21 heavy (non-hydrogen) atoms. The molecule has 114 valence electrons. The molecule has 0 bridgehead atoms. The van der Waals surface area contributed by atoms with Gasteiger partial charge in [-0.2, -0.15) is 0 Å². The van der Waals surface area contributed by atoms with Gasteiger partial charge < -0.3 is 21.5 Å². The number of carboxylic acid groups (broad SMARTS) is 1. The van der Waals surface area contributed by atoms with E-state index in [1.165, 1.54) is 0 Å². The van der Waals surface area contributed by atoms with E-state index in [4.69, 9.17) is 22.4 Å². The molecule has 3 amide bonds. The molecule has 0 aliphatic rings. The number of carbonyl (C=O) groups excluding carboxylic acids is 2. The van der Waals surface area contributed by atoms with E-state index in [2.05, 4.69) is 26.6 Å². The van der Waals surface area contributed by atoms with Crippen LogP contribution >= 0.6 is 27.5 Å². The summed E-state index contributed by atoms with van der Waals surface area (Å²) in [6.45, 7) is 0. The molecule has 0 spiro atoms. The van der Waals surface area contributed by atoms with Gasteiger partial charge in [0.15, 0.2) is 0 Å². The summed E-state index contributed by atoms with van der Waals surface area (Å²) in [5.74, 6) is -1.89. The molecule has 0 radical (unpaired) electrons. The zero-order valence-electron chi connectivity index (χ0n) is 10.7. The van der Waals surface area contributed by atoms with Crippen LogP contribution in [0.1, 0.15) is 12.8 Å². The van der Waals surface area contributed by atoms with Crippen LogP contribution in [-0.4, -0.2) is 29.1 Å². The lowest BCUT2D eigenvalue weighted by Gasteiger charge is -2.15. The Hall–Kier alpha value is -1.80. The Morgan fingerprint density at radius 2 is 2.05 bits per heavy atom. The molecule has 1 atom stereocenters. The monoisotopic (exact) mass is 377 g/mol. The summed E-state index contributed by atoms with van der Waals surface area (Å²) in [6.07, 6.45) is -0.229. The van der Waals surface area contributed by atoms with E-state index in [9.17, 15) is 14.4 Å². The first-order chi connectivity index (χ1) is 9.81. The second kappa shape index (κ2) is 7.84. The number of carbonyl (C=O) groups is 3. The number of carboxylic acids is 1. The maximum absolute atomic E-state index is 11.8. The smallest absolute Gasteiger partial charge is 0.326 e. The average molecular weight is 379 g/mol. The number of nitrogens with one attached hydrogen (secondary N) is 2. The fraction of sp³-hybridized carbons (Fsp3) is 0.250. The zero-order chi connectivity index (χ0) is 16.0. The van der Waals surface area contributed by atoms with Crippen molar-refractivity contribution in [2.24, 2.45) is 5.73 Å². The maximum Gasteiger partial charge on any atom is 0.326 e. The van der Waals surface area contributed by atoms with Crippen molar-refractivity contribution < 1.29 is 19.5 Å². The lowest BCUT2D eigenvalue weighted by Crippen LogP contribution is -2.43. The minimum atomic E-state index is -1.25. The highest BCUT2D eigenvalue weighted by Gasteiger charge is 2.21. The number of rotatable bonds is 6. The van der Waals surface area contributed by atoms with E-state index in [0.717, 1.165) is 0 Å². The van der Waals surface area contributed by atoms with Gasteiger partial charge in [-0.05, 0) is 34.5 Å². The Morgan fingerprint density at radius 3 is 2.62 bits per heavy atom. The first-order valence-corrected chi connectivity index (χ1v) is 7.01. The van der Waals surface area contributed by atoms with E-state index in [-0.39, 0.29) is 12.8 Å². The molecule has 9 heteroatoms. The lowest BCUT2D eigenvalue weighted by atomic mass is 10.1. The summed E-state index contributed by atoms with van der Waals surface area (Å²) in [5, 5.41) is 14.1. The Bertz CT molecular complexity index is 567. The normalized spacial score (nSPS) is 11.5. The highest BCUT2D eigenvalue weighted by atomic mass is 79.9. The molecular weight excluding hydrogens is 366 g/mol. The second-order valence-corrected chi connectivity index (χ2v) is 5.30. The number of primary amides is 1. The van der Waals surface area contributed by atoms with Crippen LogP contribution in [0.25, 0.3) is 0 Å². The predicted octanol–water partition coefficient (Wildman–Crippen LogP) is 1.94. The molecule has 1 aromatic carbocycles. The van der Waals surface area contributed by atoms with Crippen LogP contribution in [0.2, 0.25) is 5.02 Å². The predicted molar refractivity (Wildman–Crippen MR) is 81.2 cm³/mol. The van der Waals surface area contributed by atoms with Crippen molar-refractivity contribution in [1.29, 1.82) is 0 Å². The van der Waals surface area contributed by atoms with E-state index in [1.54, 1.807) is 18.2 Å². The number of hydrogen-bond acceptors (Lipinski definition) is 3. The summed E-state index contributed by atoms with van der Waals surface area (Å²) in [4.78, 5) is 33.4. The van der Waals surface area contributed by atoms with Crippen molar-refractivity contribution >= 4 is 51.1 Å². The van der Waals surface area contributed by atoms with Gasteiger partial charge in [0, 0.05) is 6.42 Å². The van der Waals surface area contributed by atoms with Crippen molar-refractivity contribution in [3.05, 3.63) is 27.7 Å². The number of amides is 3. The highest BCUT2D eigenvalue weighted by molar-refractivity contribution is 9.10. The standard InChI is InChI=1S/C12H13BrClN3O4/c13-10-6(14)2-1-3-7(10)16-12(21)17-8(11(19)20)4-5-9(15)18/h1-3,8H,4-5H2,(H2,15,18)(H,19,20)(H2,16,17,21)/t8-/m1/s1. The quantitative estimate of drug-likeness (QED) is 0.604. The van der Waals surface area contributed by atoms with Crippen LogP contribution in [0, 0.1) is 0 Å². The number of halogens is 2. The molecule has 5 N–H and O–H groups in total. The van der Waals surface area contributed by atoms with E-state index in [0.29, 0.717) is 15.2 Å². The summed E-state index contributed by atoms with van der Waals surface area (Å²) in [5.41, 5.74) is 5.34. The highest BCUT2D eigenvalue weighted by Crippen LogP contribution is 2.29. The van der Waals surface area contributed by atoms with Gasteiger partial charge >= 0.3 is 12.0 Å². The fourth-order valence-corrected chi connectivity index (χ4v) is 2.00. The lowest BCUT2D eigenvalue weighted by molar-refractivity contribution is -0.139. The van der Waals surface area contributed by atoms with Gasteiger partial charge in [-0.1, -0.05) is 17.7 Å². The molecule has 0 saturated carbocycles.